The molecule has 0 aliphatic heterocycles. The highest BCUT2D eigenvalue weighted by atomic mass is 16.1. The first-order valence-electron chi connectivity index (χ1n) is 5.92. The van der Waals surface area contributed by atoms with Crippen molar-refractivity contribution >= 4 is 5.91 Å². The summed E-state index contributed by atoms with van der Waals surface area (Å²) in [7, 11) is 0. The summed E-state index contributed by atoms with van der Waals surface area (Å²) in [5.41, 5.74) is 1.16. The first-order chi connectivity index (χ1) is 8.13. The van der Waals surface area contributed by atoms with Crippen LogP contribution in [-0.2, 0) is 0 Å². The van der Waals surface area contributed by atoms with Gasteiger partial charge in [-0.3, -0.25) is 4.79 Å². The van der Waals surface area contributed by atoms with Crippen molar-refractivity contribution in [3.63, 3.8) is 0 Å². The molecule has 17 heavy (non-hydrogen) atoms. The molecule has 1 aromatic carbocycles. The van der Waals surface area contributed by atoms with Gasteiger partial charge >= 0.3 is 0 Å². The van der Waals surface area contributed by atoms with E-state index in [1.807, 2.05) is 33.8 Å². The molecule has 1 aromatic rings. The van der Waals surface area contributed by atoms with E-state index in [1.165, 1.54) is 0 Å². The number of amides is 1. The molecule has 3 nitrogen and oxygen atoms in total. The van der Waals surface area contributed by atoms with Gasteiger partial charge < -0.3 is 5.32 Å². The molecule has 0 bridgehead atoms. The summed E-state index contributed by atoms with van der Waals surface area (Å²) in [6.45, 7) is 8.75. The molecule has 0 spiro atoms. The monoisotopic (exact) mass is 232 g/mol. The third-order valence-corrected chi connectivity index (χ3v) is 1.95. The largest absolute Gasteiger partial charge is 0.352 e. The van der Waals surface area contributed by atoms with E-state index in [9.17, 15) is 4.79 Å². The summed E-state index contributed by atoms with van der Waals surface area (Å²) in [4.78, 5) is 11.6. The molecule has 0 aliphatic carbocycles. The van der Waals surface area contributed by atoms with Crippen molar-refractivity contribution in [2.45, 2.75) is 27.7 Å². The van der Waals surface area contributed by atoms with E-state index in [-0.39, 0.29) is 5.91 Å². The van der Waals surface area contributed by atoms with Crippen LogP contribution in [0, 0.1) is 17.2 Å². The van der Waals surface area contributed by atoms with Crippen LogP contribution in [0.25, 0.3) is 0 Å². The van der Waals surface area contributed by atoms with Gasteiger partial charge in [-0.05, 0) is 30.2 Å². The summed E-state index contributed by atoms with van der Waals surface area (Å²) in [6.07, 6.45) is 0. The fourth-order valence-corrected chi connectivity index (χ4v) is 1.10. The van der Waals surface area contributed by atoms with Gasteiger partial charge in [0, 0.05) is 12.1 Å². The van der Waals surface area contributed by atoms with Crippen molar-refractivity contribution in [1.29, 1.82) is 5.26 Å². The van der Waals surface area contributed by atoms with Crippen LogP contribution in [-0.4, -0.2) is 12.5 Å². The van der Waals surface area contributed by atoms with E-state index in [2.05, 4.69) is 5.32 Å². The molecule has 0 aliphatic rings. The lowest BCUT2D eigenvalue weighted by atomic mass is 10.1. The molecular formula is C14H20N2O. The second-order valence-electron chi connectivity index (χ2n) is 3.79. The number of benzene rings is 1. The van der Waals surface area contributed by atoms with E-state index in [1.54, 1.807) is 24.3 Å². The number of nitrogens with zero attached hydrogens (tertiary/aromatic N) is 1. The first kappa shape index (κ1) is 15.2. The SMILES string of the molecule is CC.CC(C)CNC(=O)c1ccc(C#N)cc1. The molecular weight excluding hydrogens is 212 g/mol. The minimum Gasteiger partial charge on any atom is -0.352 e. The number of hydrogen-bond acceptors (Lipinski definition) is 2. The Bertz CT molecular complexity index is 374. The van der Waals surface area contributed by atoms with Gasteiger partial charge in [0.25, 0.3) is 5.91 Å². The van der Waals surface area contributed by atoms with Crippen LogP contribution in [0.15, 0.2) is 24.3 Å². The average Bonchev–Trinajstić information content (AvgIpc) is 2.38. The standard InChI is InChI=1S/C12H14N2O.C2H6/c1-9(2)8-14-12(15)11-5-3-10(7-13)4-6-11;1-2/h3-6,9H,8H2,1-2H3,(H,14,15);1-2H3. The predicted molar refractivity (Wildman–Crippen MR) is 69.7 cm³/mol. The van der Waals surface area contributed by atoms with Crippen molar-refractivity contribution in [3.8, 4) is 6.07 Å². The lowest BCUT2D eigenvalue weighted by Gasteiger charge is -2.07. The molecule has 0 unspecified atom stereocenters. The van der Waals surface area contributed by atoms with Gasteiger partial charge in [0.15, 0.2) is 0 Å². The van der Waals surface area contributed by atoms with Crippen LogP contribution in [0.5, 0.6) is 0 Å². The zero-order valence-corrected chi connectivity index (χ0v) is 10.9. The number of nitrogens with one attached hydrogen (secondary N) is 1. The van der Waals surface area contributed by atoms with E-state index in [0.29, 0.717) is 23.6 Å². The van der Waals surface area contributed by atoms with E-state index >= 15 is 0 Å². The zero-order valence-electron chi connectivity index (χ0n) is 10.9. The maximum atomic E-state index is 11.6. The van der Waals surface area contributed by atoms with Crippen LogP contribution in [0.3, 0.4) is 0 Å². The summed E-state index contributed by atoms with van der Waals surface area (Å²) in [6, 6.07) is 8.62. The third kappa shape index (κ3) is 5.72. The van der Waals surface area contributed by atoms with Gasteiger partial charge in [-0.15, -0.1) is 0 Å². The molecule has 0 saturated carbocycles. The topological polar surface area (TPSA) is 52.9 Å². The average molecular weight is 232 g/mol. The van der Waals surface area contributed by atoms with Crippen LogP contribution < -0.4 is 5.32 Å². The third-order valence-electron chi connectivity index (χ3n) is 1.95. The van der Waals surface area contributed by atoms with Crippen LogP contribution in [0.4, 0.5) is 0 Å². The predicted octanol–water partition coefficient (Wildman–Crippen LogP) is 2.97. The van der Waals surface area contributed by atoms with Crippen molar-refractivity contribution in [2.24, 2.45) is 5.92 Å². The Kier molecular flexibility index (Phi) is 7.45. The summed E-state index contributed by atoms with van der Waals surface area (Å²) in [5, 5.41) is 11.4. The fourth-order valence-electron chi connectivity index (χ4n) is 1.10. The summed E-state index contributed by atoms with van der Waals surface area (Å²) in [5.74, 6) is 0.348. The Morgan fingerprint density at radius 1 is 1.29 bits per heavy atom. The Balaban J connectivity index is 0.00000121. The zero-order chi connectivity index (χ0) is 13.3. The number of rotatable bonds is 3. The number of carbonyl (C=O) groups excluding carboxylic acids is 1. The lowest BCUT2D eigenvalue weighted by molar-refractivity contribution is 0.0949. The Labute approximate surface area is 103 Å². The van der Waals surface area contributed by atoms with E-state index in [0.717, 1.165) is 0 Å². The van der Waals surface area contributed by atoms with Crippen molar-refractivity contribution in [2.75, 3.05) is 6.54 Å². The van der Waals surface area contributed by atoms with Crippen LogP contribution in [0.1, 0.15) is 43.6 Å². The van der Waals surface area contributed by atoms with Gasteiger partial charge in [-0.25, -0.2) is 0 Å². The number of carbonyl (C=O) groups is 1. The maximum absolute atomic E-state index is 11.6. The summed E-state index contributed by atoms with van der Waals surface area (Å²) >= 11 is 0. The Morgan fingerprint density at radius 3 is 2.24 bits per heavy atom. The normalized spacial score (nSPS) is 8.94. The molecule has 1 N–H and O–H groups in total. The highest BCUT2D eigenvalue weighted by Gasteiger charge is 2.05. The smallest absolute Gasteiger partial charge is 0.251 e. The lowest BCUT2D eigenvalue weighted by Crippen LogP contribution is -2.27. The molecule has 1 rings (SSSR count). The highest BCUT2D eigenvalue weighted by Crippen LogP contribution is 2.03. The Morgan fingerprint density at radius 2 is 1.82 bits per heavy atom. The second kappa shape index (κ2) is 8.35. The van der Waals surface area contributed by atoms with Gasteiger partial charge in [0.05, 0.1) is 11.6 Å². The minimum atomic E-state index is -0.0896. The minimum absolute atomic E-state index is 0.0896. The van der Waals surface area contributed by atoms with Gasteiger partial charge in [-0.2, -0.15) is 5.26 Å². The molecule has 0 fully saturated rings. The fraction of sp³-hybridized carbons (Fsp3) is 0.429. The molecule has 0 saturated heterocycles. The molecule has 0 heterocycles. The maximum Gasteiger partial charge on any atom is 0.251 e. The van der Waals surface area contributed by atoms with E-state index < -0.39 is 0 Å². The summed E-state index contributed by atoms with van der Waals surface area (Å²) < 4.78 is 0. The van der Waals surface area contributed by atoms with Gasteiger partial charge in [-0.1, -0.05) is 27.7 Å². The van der Waals surface area contributed by atoms with Crippen molar-refractivity contribution in [3.05, 3.63) is 35.4 Å². The van der Waals surface area contributed by atoms with Gasteiger partial charge in [0.2, 0.25) is 0 Å². The second-order valence-corrected chi connectivity index (χ2v) is 3.79. The van der Waals surface area contributed by atoms with Crippen LogP contribution >= 0.6 is 0 Å². The molecule has 0 radical (unpaired) electrons. The van der Waals surface area contributed by atoms with E-state index in [4.69, 9.17) is 5.26 Å². The van der Waals surface area contributed by atoms with Crippen molar-refractivity contribution in [1.82, 2.24) is 5.32 Å². The Hall–Kier alpha value is -1.82. The quantitative estimate of drug-likeness (QED) is 0.871. The number of hydrogen-bond donors (Lipinski definition) is 1. The molecule has 0 atom stereocenters. The first-order valence-corrected chi connectivity index (χ1v) is 5.92. The number of nitriles is 1. The molecule has 92 valence electrons. The highest BCUT2D eigenvalue weighted by molar-refractivity contribution is 5.94. The van der Waals surface area contributed by atoms with Gasteiger partial charge in [0.1, 0.15) is 0 Å². The molecule has 3 heteroatoms. The molecule has 0 aromatic heterocycles. The van der Waals surface area contributed by atoms with Crippen LogP contribution in [0.2, 0.25) is 0 Å². The molecule has 1 amide bonds. The van der Waals surface area contributed by atoms with Crippen molar-refractivity contribution < 1.29 is 4.79 Å².